The van der Waals surface area contributed by atoms with Crippen molar-refractivity contribution in [2.75, 3.05) is 20.1 Å². The summed E-state index contributed by atoms with van der Waals surface area (Å²) < 4.78 is 0. The van der Waals surface area contributed by atoms with Crippen molar-refractivity contribution in [3.8, 4) is 0 Å². The lowest BCUT2D eigenvalue weighted by molar-refractivity contribution is -0.127. The lowest BCUT2D eigenvalue weighted by atomic mass is 9.81. The molecule has 0 radical (unpaired) electrons. The number of piperidine rings is 1. The second-order valence-electron chi connectivity index (χ2n) is 6.52. The van der Waals surface area contributed by atoms with E-state index in [4.69, 9.17) is 5.73 Å². The molecule has 3 N–H and O–H groups in total. The number of hydrogen-bond donors (Lipinski definition) is 2. The molecule has 19 heavy (non-hydrogen) atoms. The van der Waals surface area contributed by atoms with Crippen molar-refractivity contribution in [2.45, 2.75) is 57.5 Å². The summed E-state index contributed by atoms with van der Waals surface area (Å²) in [5.41, 5.74) is 5.75. The van der Waals surface area contributed by atoms with Gasteiger partial charge in [0.1, 0.15) is 0 Å². The fourth-order valence-electron chi connectivity index (χ4n) is 3.48. The molecule has 1 saturated heterocycles. The van der Waals surface area contributed by atoms with E-state index >= 15 is 0 Å². The van der Waals surface area contributed by atoms with Gasteiger partial charge in [-0.15, -0.1) is 0 Å². The summed E-state index contributed by atoms with van der Waals surface area (Å²) in [7, 11) is 2.16. The van der Waals surface area contributed by atoms with Gasteiger partial charge in [-0.3, -0.25) is 4.79 Å². The topological polar surface area (TPSA) is 58.4 Å². The predicted octanol–water partition coefficient (Wildman–Crippen LogP) is 1.35. The first-order valence-corrected chi connectivity index (χ1v) is 7.80. The molecule has 0 spiro atoms. The van der Waals surface area contributed by atoms with E-state index in [9.17, 15) is 4.79 Å². The Labute approximate surface area is 117 Å². The minimum Gasteiger partial charge on any atom is -0.353 e. The Kier molecular flexibility index (Phi) is 5.22. The number of carbonyl (C=O) groups is 1. The number of nitrogens with two attached hydrogens (primary N) is 1. The van der Waals surface area contributed by atoms with Gasteiger partial charge in [0, 0.05) is 24.5 Å². The van der Waals surface area contributed by atoms with Crippen LogP contribution in [0.4, 0.5) is 0 Å². The first-order chi connectivity index (χ1) is 9.10. The van der Waals surface area contributed by atoms with Crippen LogP contribution >= 0.6 is 0 Å². The Hall–Kier alpha value is -0.610. The van der Waals surface area contributed by atoms with Crippen LogP contribution in [-0.4, -0.2) is 43.0 Å². The van der Waals surface area contributed by atoms with Gasteiger partial charge in [0.05, 0.1) is 0 Å². The van der Waals surface area contributed by atoms with Crippen molar-refractivity contribution in [3.05, 3.63) is 0 Å². The molecule has 4 unspecified atom stereocenters. The zero-order valence-corrected chi connectivity index (χ0v) is 12.4. The molecule has 0 aromatic heterocycles. The second-order valence-corrected chi connectivity index (χ2v) is 6.52. The first kappa shape index (κ1) is 14.8. The Bertz CT molecular complexity index is 308. The largest absolute Gasteiger partial charge is 0.353 e. The fraction of sp³-hybridized carbons (Fsp3) is 0.933. The third-order valence-electron chi connectivity index (χ3n) is 5.04. The van der Waals surface area contributed by atoms with Crippen LogP contribution in [-0.2, 0) is 4.79 Å². The van der Waals surface area contributed by atoms with Gasteiger partial charge in [0.25, 0.3) is 0 Å². The standard InChI is InChI=1S/C15H29N3O/c1-11-8-14(6-7-18(11)2)17-15(19)13-5-3-4-12(9-13)10-16/h11-14H,3-10,16H2,1-2H3,(H,17,19). The van der Waals surface area contributed by atoms with Gasteiger partial charge in [-0.25, -0.2) is 0 Å². The van der Waals surface area contributed by atoms with E-state index in [1.54, 1.807) is 0 Å². The molecule has 4 heteroatoms. The zero-order valence-electron chi connectivity index (χ0n) is 12.4. The van der Waals surface area contributed by atoms with E-state index in [1.165, 1.54) is 6.42 Å². The van der Waals surface area contributed by atoms with E-state index in [1.807, 2.05) is 0 Å². The van der Waals surface area contributed by atoms with Gasteiger partial charge < -0.3 is 16.0 Å². The number of carbonyl (C=O) groups excluding carboxylic acids is 1. The molecule has 1 saturated carbocycles. The molecule has 110 valence electrons. The quantitative estimate of drug-likeness (QED) is 0.811. The molecule has 4 atom stereocenters. The molecule has 2 fully saturated rings. The lowest BCUT2D eigenvalue weighted by Gasteiger charge is -2.36. The summed E-state index contributed by atoms with van der Waals surface area (Å²) in [5, 5.41) is 3.28. The van der Waals surface area contributed by atoms with E-state index in [2.05, 4.69) is 24.2 Å². The number of rotatable bonds is 3. The van der Waals surface area contributed by atoms with Crippen molar-refractivity contribution in [1.82, 2.24) is 10.2 Å². The summed E-state index contributed by atoms with van der Waals surface area (Å²) in [6.45, 7) is 4.06. The Morgan fingerprint density at radius 2 is 2.11 bits per heavy atom. The Morgan fingerprint density at radius 3 is 2.79 bits per heavy atom. The summed E-state index contributed by atoms with van der Waals surface area (Å²) in [5.74, 6) is 1.04. The highest BCUT2D eigenvalue weighted by molar-refractivity contribution is 5.79. The van der Waals surface area contributed by atoms with Gasteiger partial charge in [-0.2, -0.15) is 0 Å². The molecule has 0 aromatic carbocycles. The highest BCUT2D eigenvalue weighted by atomic mass is 16.1. The molecule has 1 aliphatic carbocycles. The number of likely N-dealkylation sites (tertiary alicyclic amines) is 1. The SMILES string of the molecule is CC1CC(NC(=O)C2CCCC(CN)C2)CCN1C. The third-order valence-corrected chi connectivity index (χ3v) is 5.04. The number of hydrogen-bond acceptors (Lipinski definition) is 3. The second kappa shape index (κ2) is 6.71. The van der Waals surface area contributed by atoms with Crippen LogP contribution in [0.25, 0.3) is 0 Å². The van der Waals surface area contributed by atoms with Gasteiger partial charge in [0.15, 0.2) is 0 Å². The van der Waals surface area contributed by atoms with Crippen LogP contribution in [0.3, 0.4) is 0 Å². The molecule has 1 aliphatic heterocycles. The van der Waals surface area contributed by atoms with Crippen molar-refractivity contribution >= 4 is 5.91 Å². The van der Waals surface area contributed by atoms with Crippen LogP contribution in [0.2, 0.25) is 0 Å². The highest BCUT2D eigenvalue weighted by Gasteiger charge is 2.29. The maximum Gasteiger partial charge on any atom is 0.223 e. The van der Waals surface area contributed by atoms with Gasteiger partial charge >= 0.3 is 0 Å². The first-order valence-electron chi connectivity index (χ1n) is 7.80. The Morgan fingerprint density at radius 1 is 1.32 bits per heavy atom. The molecule has 4 nitrogen and oxygen atoms in total. The molecular formula is C15H29N3O. The molecule has 1 amide bonds. The lowest BCUT2D eigenvalue weighted by Crippen LogP contribution is -2.49. The summed E-state index contributed by atoms with van der Waals surface area (Å²) in [6, 6.07) is 0.944. The van der Waals surface area contributed by atoms with Gasteiger partial charge in [-0.05, 0) is 58.5 Å². The smallest absolute Gasteiger partial charge is 0.223 e. The molecular weight excluding hydrogens is 238 g/mol. The predicted molar refractivity (Wildman–Crippen MR) is 77.8 cm³/mol. The van der Waals surface area contributed by atoms with Crippen LogP contribution in [0, 0.1) is 11.8 Å². The van der Waals surface area contributed by atoms with Crippen molar-refractivity contribution < 1.29 is 4.79 Å². The number of nitrogens with zero attached hydrogens (tertiary/aromatic N) is 1. The molecule has 2 aliphatic rings. The minimum atomic E-state index is 0.206. The van der Waals surface area contributed by atoms with E-state index in [0.717, 1.165) is 45.2 Å². The monoisotopic (exact) mass is 267 g/mol. The maximum absolute atomic E-state index is 12.4. The molecule has 0 aromatic rings. The minimum absolute atomic E-state index is 0.206. The average molecular weight is 267 g/mol. The highest BCUT2D eigenvalue weighted by Crippen LogP contribution is 2.29. The summed E-state index contributed by atoms with van der Waals surface area (Å²) in [6.07, 6.45) is 6.55. The van der Waals surface area contributed by atoms with Gasteiger partial charge in [-0.1, -0.05) is 6.42 Å². The summed E-state index contributed by atoms with van der Waals surface area (Å²) >= 11 is 0. The van der Waals surface area contributed by atoms with E-state index < -0.39 is 0 Å². The van der Waals surface area contributed by atoms with Crippen LogP contribution < -0.4 is 11.1 Å². The number of nitrogens with one attached hydrogen (secondary N) is 1. The number of amides is 1. The summed E-state index contributed by atoms with van der Waals surface area (Å²) in [4.78, 5) is 14.7. The normalized spacial score (nSPS) is 37.0. The molecule has 2 rings (SSSR count). The molecule has 1 heterocycles. The van der Waals surface area contributed by atoms with Crippen molar-refractivity contribution in [1.29, 1.82) is 0 Å². The zero-order chi connectivity index (χ0) is 13.8. The van der Waals surface area contributed by atoms with E-state index in [0.29, 0.717) is 18.0 Å². The maximum atomic E-state index is 12.4. The van der Waals surface area contributed by atoms with E-state index in [-0.39, 0.29) is 11.8 Å². The van der Waals surface area contributed by atoms with Crippen LogP contribution in [0.15, 0.2) is 0 Å². The molecule has 0 bridgehead atoms. The van der Waals surface area contributed by atoms with Crippen LogP contribution in [0.1, 0.15) is 45.4 Å². The third kappa shape index (κ3) is 3.93. The fourth-order valence-corrected chi connectivity index (χ4v) is 3.48. The Balaban J connectivity index is 1.80. The van der Waals surface area contributed by atoms with Gasteiger partial charge in [0.2, 0.25) is 5.91 Å². The van der Waals surface area contributed by atoms with Crippen LogP contribution in [0.5, 0.6) is 0 Å². The van der Waals surface area contributed by atoms with Crippen molar-refractivity contribution in [3.63, 3.8) is 0 Å². The van der Waals surface area contributed by atoms with Crippen molar-refractivity contribution in [2.24, 2.45) is 17.6 Å². The average Bonchev–Trinajstić information content (AvgIpc) is 2.43.